The molecular formula is C22H17ClFN3O3S. The predicted octanol–water partition coefficient (Wildman–Crippen LogP) is 4.48. The number of sulfonamides is 1. The minimum absolute atomic E-state index is 0.0685. The first-order chi connectivity index (χ1) is 14.7. The van der Waals surface area contributed by atoms with Crippen LogP contribution in [0.1, 0.15) is 15.9 Å². The second-order valence-electron chi connectivity index (χ2n) is 7.09. The molecule has 2 heterocycles. The maximum absolute atomic E-state index is 14.8. The van der Waals surface area contributed by atoms with Gasteiger partial charge in [-0.05, 0) is 36.2 Å². The number of aromatic nitrogens is 2. The molecule has 4 aromatic rings. The quantitative estimate of drug-likeness (QED) is 0.490. The fraction of sp³-hybridized carbons (Fsp3) is 0.0909. The lowest BCUT2D eigenvalue weighted by Gasteiger charge is -2.11. The number of hydrogen-bond donors (Lipinski definition) is 1. The fourth-order valence-corrected chi connectivity index (χ4v) is 4.15. The van der Waals surface area contributed by atoms with E-state index in [-0.39, 0.29) is 10.7 Å². The average Bonchev–Trinajstić information content (AvgIpc) is 3.08. The molecular weight excluding hydrogens is 441 g/mol. The van der Waals surface area contributed by atoms with Crippen LogP contribution >= 0.6 is 11.6 Å². The molecule has 0 bridgehead atoms. The molecule has 0 fully saturated rings. The standard InChI is InChI=1S/C22H17ClFN3O3S/c1-13-6-3-4-7-14(13)17-12-27(21-15(17)8-5-9-25-21)20-11-19(24)16(10-18(20)23)22(28)26-31(2,29)30/h3-12H,1-2H3,(H,26,28). The van der Waals surface area contributed by atoms with Gasteiger partial charge in [0.25, 0.3) is 5.91 Å². The van der Waals surface area contributed by atoms with E-state index >= 15 is 0 Å². The Labute approximate surface area is 183 Å². The molecule has 0 aliphatic heterocycles. The number of nitrogens with one attached hydrogen (secondary N) is 1. The molecule has 2 aromatic heterocycles. The van der Waals surface area contributed by atoms with Gasteiger partial charge < -0.3 is 0 Å². The van der Waals surface area contributed by atoms with Crippen molar-refractivity contribution in [3.63, 3.8) is 0 Å². The molecule has 0 unspecified atom stereocenters. The lowest BCUT2D eigenvalue weighted by atomic mass is 10.0. The number of hydrogen-bond acceptors (Lipinski definition) is 4. The van der Waals surface area contributed by atoms with E-state index in [0.29, 0.717) is 5.65 Å². The third-order valence-corrected chi connectivity index (χ3v) is 5.68. The Morgan fingerprint density at radius 2 is 1.87 bits per heavy atom. The van der Waals surface area contributed by atoms with Crippen molar-refractivity contribution in [3.8, 4) is 16.8 Å². The van der Waals surface area contributed by atoms with Gasteiger partial charge in [0.05, 0.1) is 22.5 Å². The number of halogens is 2. The highest BCUT2D eigenvalue weighted by Crippen LogP contribution is 2.35. The number of pyridine rings is 1. The zero-order chi connectivity index (χ0) is 22.3. The van der Waals surface area contributed by atoms with Crippen molar-refractivity contribution in [2.45, 2.75) is 6.92 Å². The minimum Gasteiger partial charge on any atom is -0.299 e. The number of aryl methyl sites for hydroxylation is 1. The molecule has 31 heavy (non-hydrogen) atoms. The van der Waals surface area contributed by atoms with E-state index in [1.54, 1.807) is 15.5 Å². The molecule has 2 aromatic carbocycles. The zero-order valence-electron chi connectivity index (χ0n) is 16.6. The van der Waals surface area contributed by atoms with E-state index in [2.05, 4.69) is 4.98 Å². The summed E-state index contributed by atoms with van der Waals surface area (Å²) in [4.78, 5) is 16.5. The number of rotatable bonds is 4. The molecule has 0 saturated heterocycles. The van der Waals surface area contributed by atoms with Crippen molar-refractivity contribution >= 4 is 38.6 Å². The maximum atomic E-state index is 14.8. The van der Waals surface area contributed by atoms with Crippen LogP contribution in [0.15, 0.2) is 60.9 Å². The van der Waals surface area contributed by atoms with Crippen molar-refractivity contribution in [1.82, 2.24) is 14.3 Å². The lowest BCUT2D eigenvalue weighted by Crippen LogP contribution is -2.30. The van der Waals surface area contributed by atoms with Crippen LogP contribution in [0.25, 0.3) is 27.8 Å². The molecule has 0 saturated carbocycles. The Kier molecular flexibility index (Phi) is 5.28. The Hall–Kier alpha value is -3.23. The van der Waals surface area contributed by atoms with Gasteiger partial charge in [0.1, 0.15) is 11.5 Å². The highest BCUT2D eigenvalue weighted by Gasteiger charge is 2.21. The second-order valence-corrected chi connectivity index (χ2v) is 9.24. The molecule has 0 atom stereocenters. The summed E-state index contributed by atoms with van der Waals surface area (Å²) < 4.78 is 40.8. The normalized spacial score (nSPS) is 11.6. The van der Waals surface area contributed by atoms with Crippen LogP contribution in [0.2, 0.25) is 5.02 Å². The molecule has 1 amide bonds. The molecule has 0 aliphatic carbocycles. The van der Waals surface area contributed by atoms with E-state index < -0.39 is 27.3 Å². The van der Waals surface area contributed by atoms with Crippen molar-refractivity contribution in [1.29, 1.82) is 0 Å². The third-order valence-electron chi connectivity index (χ3n) is 4.82. The molecule has 6 nitrogen and oxygen atoms in total. The summed E-state index contributed by atoms with van der Waals surface area (Å²) in [6, 6.07) is 13.8. The van der Waals surface area contributed by atoms with E-state index in [9.17, 15) is 17.6 Å². The summed E-state index contributed by atoms with van der Waals surface area (Å²) in [7, 11) is -3.85. The highest BCUT2D eigenvalue weighted by atomic mass is 35.5. The van der Waals surface area contributed by atoms with Crippen molar-refractivity contribution < 1.29 is 17.6 Å². The first-order valence-corrected chi connectivity index (χ1v) is 11.5. The SMILES string of the molecule is Cc1ccccc1-c1cn(-c2cc(F)c(C(=O)NS(C)(=O)=O)cc2Cl)c2ncccc12. The van der Waals surface area contributed by atoms with Gasteiger partial charge in [0, 0.05) is 29.4 Å². The minimum atomic E-state index is -3.85. The number of amides is 1. The number of fused-ring (bicyclic) bond motifs is 1. The van der Waals surface area contributed by atoms with E-state index in [4.69, 9.17) is 11.6 Å². The summed E-state index contributed by atoms with van der Waals surface area (Å²) in [6.45, 7) is 2.00. The topological polar surface area (TPSA) is 81.1 Å². The Bertz CT molecular complexity index is 1450. The summed E-state index contributed by atoms with van der Waals surface area (Å²) in [5, 5.41) is 0.922. The van der Waals surface area contributed by atoms with Gasteiger partial charge in [-0.2, -0.15) is 0 Å². The van der Waals surface area contributed by atoms with Gasteiger partial charge >= 0.3 is 0 Å². The van der Waals surface area contributed by atoms with Gasteiger partial charge in [-0.15, -0.1) is 0 Å². The summed E-state index contributed by atoms with van der Waals surface area (Å²) in [6.07, 6.45) is 4.25. The number of benzene rings is 2. The van der Waals surface area contributed by atoms with Gasteiger partial charge in [0.2, 0.25) is 10.0 Å². The maximum Gasteiger partial charge on any atom is 0.267 e. The van der Waals surface area contributed by atoms with E-state index in [0.717, 1.165) is 40.5 Å². The Morgan fingerprint density at radius 1 is 1.13 bits per heavy atom. The van der Waals surface area contributed by atoms with Crippen molar-refractivity contribution in [2.75, 3.05) is 6.26 Å². The number of carbonyl (C=O) groups excluding carboxylic acids is 1. The van der Waals surface area contributed by atoms with Gasteiger partial charge in [-0.25, -0.2) is 22.5 Å². The van der Waals surface area contributed by atoms with Gasteiger partial charge in [0.15, 0.2) is 0 Å². The second kappa shape index (κ2) is 7.79. The number of carbonyl (C=O) groups is 1. The van der Waals surface area contributed by atoms with E-state index in [1.807, 2.05) is 49.5 Å². The summed E-state index contributed by atoms with van der Waals surface area (Å²) >= 11 is 6.39. The lowest BCUT2D eigenvalue weighted by molar-refractivity contribution is 0.0978. The van der Waals surface area contributed by atoms with Crippen LogP contribution in [-0.2, 0) is 10.0 Å². The molecule has 9 heteroatoms. The predicted molar refractivity (Wildman–Crippen MR) is 119 cm³/mol. The molecule has 0 radical (unpaired) electrons. The van der Waals surface area contributed by atoms with E-state index in [1.165, 1.54) is 0 Å². The van der Waals surface area contributed by atoms with Gasteiger partial charge in [-0.1, -0.05) is 35.9 Å². The first-order valence-electron chi connectivity index (χ1n) is 9.19. The molecule has 158 valence electrons. The van der Waals surface area contributed by atoms with Crippen molar-refractivity contribution in [3.05, 3.63) is 82.9 Å². The van der Waals surface area contributed by atoms with Crippen LogP contribution < -0.4 is 4.72 Å². The summed E-state index contributed by atoms with van der Waals surface area (Å²) in [5.41, 5.74) is 3.34. The monoisotopic (exact) mass is 457 g/mol. The summed E-state index contributed by atoms with van der Waals surface area (Å²) in [5.74, 6) is -2.00. The molecule has 4 rings (SSSR count). The first kappa shape index (κ1) is 21.0. The van der Waals surface area contributed by atoms with Crippen LogP contribution in [0.4, 0.5) is 4.39 Å². The van der Waals surface area contributed by atoms with Crippen LogP contribution in [-0.4, -0.2) is 30.1 Å². The van der Waals surface area contributed by atoms with Crippen molar-refractivity contribution in [2.24, 2.45) is 0 Å². The third kappa shape index (κ3) is 4.04. The zero-order valence-corrected chi connectivity index (χ0v) is 18.1. The fourth-order valence-electron chi connectivity index (χ4n) is 3.45. The van der Waals surface area contributed by atoms with Crippen LogP contribution in [0.3, 0.4) is 0 Å². The number of nitrogens with zero attached hydrogens (tertiary/aromatic N) is 2. The van der Waals surface area contributed by atoms with Crippen LogP contribution in [0.5, 0.6) is 0 Å². The Morgan fingerprint density at radius 3 is 2.58 bits per heavy atom. The van der Waals surface area contributed by atoms with Crippen LogP contribution in [0, 0.1) is 12.7 Å². The molecule has 1 N–H and O–H groups in total. The van der Waals surface area contributed by atoms with Gasteiger partial charge in [-0.3, -0.25) is 9.36 Å². The highest BCUT2D eigenvalue weighted by molar-refractivity contribution is 7.89. The molecule has 0 spiro atoms. The smallest absolute Gasteiger partial charge is 0.267 e. The molecule has 0 aliphatic rings. The largest absolute Gasteiger partial charge is 0.299 e. The Balaban J connectivity index is 1.90. The average molecular weight is 458 g/mol.